The van der Waals surface area contributed by atoms with Gasteiger partial charge in [0.2, 0.25) is 0 Å². The van der Waals surface area contributed by atoms with Crippen molar-refractivity contribution in [2.24, 2.45) is 0 Å². The van der Waals surface area contributed by atoms with Gasteiger partial charge in [0.25, 0.3) is 0 Å². The SMILES string of the molecule is O=S1CCc2c1ccc(NCc1cn[nH]c1-c1ccc(Cl)cc1)c2O. The molecule has 0 fully saturated rings. The standard InChI is InChI=1S/C18H16ClN3O2S/c19-13-3-1-11(2-4-13)17-12(10-21-22-17)9-20-15-5-6-16-14(18(15)23)7-8-25(16)24/h1-6,10,20,23H,7-9H2,(H,21,22). The lowest BCUT2D eigenvalue weighted by molar-refractivity contribution is 0.469. The maximum Gasteiger partial charge on any atom is 0.143 e. The van der Waals surface area contributed by atoms with E-state index in [2.05, 4.69) is 15.5 Å². The average molecular weight is 374 g/mol. The predicted molar refractivity (Wildman–Crippen MR) is 99.4 cm³/mol. The van der Waals surface area contributed by atoms with Crippen molar-refractivity contribution in [2.45, 2.75) is 17.9 Å². The van der Waals surface area contributed by atoms with Gasteiger partial charge in [0.15, 0.2) is 0 Å². The number of rotatable bonds is 4. The molecule has 2 aromatic carbocycles. The Balaban J connectivity index is 1.56. The van der Waals surface area contributed by atoms with E-state index in [1.807, 2.05) is 30.3 Å². The fraction of sp³-hybridized carbons (Fsp3) is 0.167. The summed E-state index contributed by atoms with van der Waals surface area (Å²) in [5.41, 5.74) is 4.30. The van der Waals surface area contributed by atoms with Crippen molar-refractivity contribution in [1.29, 1.82) is 0 Å². The third-order valence-corrected chi connectivity index (χ3v) is 6.04. The van der Waals surface area contributed by atoms with Gasteiger partial charge >= 0.3 is 0 Å². The van der Waals surface area contributed by atoms with Crippen LogP contribution in [-0.2, 0) is 23.8 Å². The lowest BCUT2D eigenvalue weighted by Crippen LogP contribution is -2.01. The Labute approximate surface area is 152 Å². The molecule has 25 heavy (non-hydrogen) atoms. The van der Waals surface area contributed by atoms with Gasteiger partial charge < -0.3 is 10.4 Å². The number of benzene rings is 2. The number of nitrogens with zero attached hydrogens (tertiary/aromatic N) is 1. The van der Waals surface area contributed by atoms with E-state index in [0.29, 0.717) is 29.4 Å². The fourth-order valence-electron chi connectivity index (χ4n) is 3.02. The summed E-state index contributed by atoms with van der Waals surface area (Å²) < 4.78 is 11.9. The molecule has 128 valence electrons. The number of anilines is 1. The molecule has 5 nitrogen and oxygen atoms in total. The highest BCUT2D eigenvalue weighted by Gasteiger charge is 2.23. The Morgan fingerprint density at radius 3 is 2.84 bits per heavy atom. The lowest BCUT2D eigenvalue weighted by atomic mass is 10.1. The van der Waals surface area contributed by atoms with Crippen LogP contribution >= 0.6 is 11.6 Å². The molecule has 1 unspecified atom stereocenters. The van der Waals surface area contributed by atoms with Gasteiger partial charge in [-0.15, -0.1) is 0 Å². The molecule has 1 aliphatic rings. The highest BCUT2D eigenvalue weighted by Crippen LogP contribution is 2.36. The van der Waals surface area contributed by atoms with E-state index in [4.69, 9.17) is 11.6 Å². The van der Waals surface area contributed by atoms with Crippen molar-refractivity contribution in [3.8, 4) is 17.0 Å². The topological polar surface area (TPSA) is 78.0 Å². The molecule has 0 saturated carbocycles. The highest BCUT2D eigenvalue weighted by molar-refractivity contribution is 7.85. The molecule has 0 amide bonds. The number of halogens is 1. The van der Waals surface area contributed by atoms with Crippen molar-refractivity contribution >= 4 is 28.1 Å². The first-order valence-corrected chi connectivity index (χ1v) is 9.58. The van der Waals surface area contributed by atoms with Crippen LogP contribution in [0.4, 0.5) is 5.69 Å². The summed E-state index contributed by atoms with van der Waals surface area (Å²) in [6.45, 7) is 0.504. The summed E-state index contributed by atoms with van der Waals surface area (Å²) in [7, 11) is -0.994. The van der Waals surface area contributed by atoms with Crippen LogP contribution in [0.3, 0.4) is 0 Å². The zero-order valence-electron chi connectivity index (χ0n) is 13.3. The van der Waals surface area contributed by atoms with Gasteiger partial charge in [-0.25, -0.2) is 0 Å². The van der Waals surface area contributed by atoms with Gasteiger partial charge in [0.1, 0.15) is 5.75 Å². The van der Waals surface area contributed by atoms with Gasteiger partial charge in [-0.2, -0.15) is 5.10 Å². The molecule has 1 aromatic heterocycles. The Morgan fingerprint density at radius 2 is 2.04 bits per heavy atom. The number of nitrogens with one attached hydrogen (secondary N) is 2. The van der Waals surface area contributed by atoms with E-state index >= 15 is 0 Å². The van der Waals surface area contributed by atoms with E-state index in [-0.39, 0.29) is 5.75 Å². The van der Waals surface area contributed by atoms with Crippen molar-refractivity contribution < 1.29 is 9.32 Å². The molecular weight excluding hydrogens is 358 g/mol. The first kappa shape index (κ1) is 16.2. The molecule has 0 aliphatic carbocycles. The second kappa shape index (κ2) is 6.54. The number of aromatic hydroxyl groups is 1. The van der Waals surface area contributed by atoms with Gasteiger partial charge in [-0.05, 0) is 36.2 Å². The van der Waals surface area contributed by atoms with E-state index in [9.17, 15) is 9.32 Å². The lowest BCUT2D eigenvalue weighted by Gasteiger charge is -2.11. The van der Waals surface area contributed by atoms with E-state index in [0.717, 1.165) is 27.3 Å². The van der Waals surface area contributed by atoms with Crippen molar-refractivity contribution in [3.63, 3.8) is 0 Å². The van der Waals surface area contributed by atoms with Crippen molar-refractivity contribution in [3.05, 3.63) is 58.7 Å². The van der Waals surface area contributed by atoms with Crippen LogP contribution in [-0.4, -0.2) is 25.3 Å². The average Bonchev–Trinajstić information content (AvgIpc) is 3.22. The molecule has 7 heteroatoms. The van der Waals surface area contributed by atoms with E-state index < -0.39 is 10.8 Å². The van der Waals surface area contributed by atoms with Crippen LogP contribution in [0.1, 0.15) is 11.1 Å². The number of phenolic OH excluding ortho intramolecular Hbond substituents is 1. The maximum absolute atomic E-state index is 11.9. The highest BCUT2D eigenvalue weighted by atomic mass is 35.5. The molecule has 2 heterocycles. The number of aromatic amines is 1. The number of aromatic nitrogens is 2. The summed E-state index contributed by atoms with van der Waals surface area (Å²) in [4.78, 5) is 0.744. The Hall–Kier alpha value is -2.31. The predicted octanol–water partition coefficient (Wildman–Crippen LogP) is 3.71. The maximum atomic E-state index is 11.9. The first-order chi connectivity index (χ1) is 12.1. The molecule has 3 aromatic rings. The number of hydrogen-bond donors (Lipinski definition) is 3. The van der Waals surface area contributed by atoms with Crippen molar-refractivity contribution in [1.82, 2.24) is 10.2 Å². The Morgan fingerprint density at radius 1 is 1.24 bits per heavy atom. The quantitative estimate of drug-likeness (QED) is 0.609. The largest absolute Gasteiger partial charge is 0.505 e. The van der Waals surface area contributed by atoms with Crippen LogP contribution < -0.4 is 5.32 Å². The summed E-state index contributed by atoms with van der Waals surface area (Å²) in [6.07, 6.45) is 2.40. The van der Waals surface area contributed by atoms with Gasteiger partial charge in [-0.3, -0.25) is 9.31 Å². The number of H-pyrrole nitrogens is 1. The minimum atomic E-state index is -0.994. The molecule has 0 spiro atoms. The van der Waals surface area contributed by atoms with Gasteiger partial charge in [0.05, 0.1) is 28.4 Å². The molecule has 4 rings (SSSR count). The number of hydrogen-bond acceptors (Lipinski definition) is 4. The third-order valence-electron chi connectivity index (χ3n) is 4.34. The molecule has 1 aliphatic heterocycles. The van der Waals surface area contributed by atoms with E-state index in [1.54, 1.807) is 12.3 Å². The summed E-state index contributed by atoms with van der Waals surface area (Å²) in [5, 5.41) is 21.5. The molecule has 1 atom stereocenters. The van der Waals surface area contributed by atoms with Crippen LogP contribution in [0.5, 0.6) is 5.75 Å². The summed E-state index contributed by atoms with van der Waals surface area (Å²) in [6, 6.07) is 11.1. The molecular formula is C18H16ClN3O2S. The second-order valence-electron chi connectivity index (χ2n) is 5.87. The van der Waals surface area contributed by atoms with Gasteiger partial charge in [-0.1, -0.05) is 23.7 Å². The minimum Gasteiger partial charge on any atom is -0.505 e. The van der Waals surface area contributed by atoms with Crippen LogP contribution in [0, 0.1) is 0 Å². The van der Waals surface area contributed by atoms with Crippen molar-refractivity contribution in [2.75, 3.05) is 11.1 Å². The Bertz CT molecular complexity index is 953. The zero-order valence-corrected chi connectivity index (χ0v) is 14.8. The minimum absolute atomic E-state index is 0.194. The second-order valence-corrected chi connectivity index (χ2v) is 7.84. The van der Waals surface area contributed by atoms with E-state index in [1.165, 1.54) is 0 Å². The van der Waals surface area contributed by atoms with Crippen LogP contribution in [0.15, 0.2) is 47.5 Å². The number of phenols is 1. The fourth-order valence-corrected chi connectivity index (χ4v) is 4.45. The van der Waals surface area contributed by atoms with Crippen LogP contribution in [0.25, 0.3) is 11.3 Å². The first-order valence-electron chi connectivity index (χ1n) is 7.89. The zero-order chi connectivity index (χ0) is 17.4. The smallest absolute Gasteiger partial charge is 0.143 e. The Kier molecular flexibility index (Phi) is 4.23. The molecule has 0 saturated heterocycles. The normalized spacial score (nSPS) is 16.0. The molecule has 3 N–H and O–H groups in total. The summed E-state index contributed by atoms with van der Waals surface area (Å²) in [5.74, 6) is 0.773. The summed E-state index contributed by atoms with van der Waals surface area (Å²) >= 11 is 5.94. The van der Waals surface area contributed by atoms with Gasteiger partial charge in [0, 0.05) is 33.3 Å². The molecule has 0 radical (unpaired) electrons. The number of fused-ring (bicyclic) bond motifs is 1. The monoisotopic (exact) mass is 373 g/mol. The molecule has 0 bridgehead atoms. The van der Waals surface area contributed by atoms with Crippen LogP contribution in [0.2, 0.25) is 5.02 Å². The third kappa shape index (κ3) is 3.03.